The van der Waals surface area contributed by atoms with E-state index in [4.69, 9.17) is 4.42 Å². The van der Waals surface area contributed by atoms with Gasteiger partial charge in [-0.15, -0.1) is 11.3 Å². The van der Waals surface area contributed by atoms with E-state index in [9.17, 15) is 4.79 Å². The predicted molar refractivity (Wildman–Crippen MR) is 94.6 cm³/mol. The summed E-state index contributed by atoms with van der Waals surface area (Å²) in [5.41, 5.74) is 0. The lowest BCUT2D eigenvalue weighted by Gasteiger charge is -2.36. The zero-order valence-electron chi connectivity index (χ0n) is 14.4. The first-order valence-electron chi connectivity index (χ1n) is 8.75. The van der Waals surface area contributed by atoms with Crippen LogP contribution in [0.1, 0.15) is 35.3 Å². The van der Waals surface area contributed by atoms with Crippen LogP contribution in [-0.2, 0) is 0 Å². The zero-order chi connectivity index (χ0) is 16.9. The van der Waals surface area contributed by atoms with Gasteiger partial charge in [-0.3, -0.25) is 4.79 Å². The van der Waals surface area contributed by atoms with Gasteiger partial charge in [0.1, 0.15) is 32.2 Å². The van der Waals surface area contributed by atoms with Crippen LogP contribution in [0.5, 0.6) is 0 Å². The molecule has 2 aromatic rings. The Hall–Kier alpha value is -1.63. The molecular formula is C18H27N3O2S+2. The normalized spacial score (nSPS) is 23.6. The number of nitrogens with one attached hydrogen (secondary N) is 3. The number of quaternary nitrogens is 2. The molecule has 130 valence electrons. The maximum atomic E-state index is 12.4. The molecule has 24 heavy (non-hydrogen) atoms. The Kier molecular flexibility index (Phi) is 5.71. The molecule has 0 bridgehead atoms. The molecule has 0 aliphatic carbocycles. The van der Waals surface area contributed by atoms with Gasteiger partial charge in [-0.2, -0.15) is 0 Å². The SMILES string of the molecule is CC[NH+]1CC[NH+](C(c2cccs2)C(C)NC(=O)c2ccco2)CC1. The number of rotatable bonds is 6. The van der Waals surface area contributed by atoms with Crippen LogP contribution >= 0.6 is 11.3 Å². The Morgan fingerprint density at radius 1 is 1.29 bits per heavy atom. The molecule has 0 radical (unpaired) electrons. The minimum Gasteiger partial charge on any atom is -0.459 e. The van der Waals surface area contributed by atoms with Crippen molar-refractivity contribution in [2.75, 3.05) is 32.7 Å². The van der Waals surface area contributed by atoms with Gasteiger partial charge in [0.2, 0.25) is 0 Å². The summed E-state index contributed by atoms with van der Waals surface area (Å²) < 4.78 is 5.22. The molecule has 1 amide bonds. The fourth-order valence-electron chi connectivity index (χ4n) is 3.63. The van der Waals surface area contributed by atoms with Gasteiger partial charge in [0.25, 0.3) is 5.91 Å². The maximum absolute atomic E-state index is 12.4. The number of hydrogen-bond donors (Lipinski definition) is 3. The average molecular weight is 350 g/mol. The van der Waals surface area contributed by atoms with E-state index in [2.05, 4.69) is 36.7 Å². The van der Waals surface area contributed by atoms with Gasteiger partial charge in [0.15, 0.2) is 5.76 Å². The molecule has 0 spiro atoms. The quantitative estimate of drug-likeness (QED) is 0.688. The molecule has 1 aliphatic rings. The molecule has 1 aliphatic heterocycles. The van der Waals surface area contributed by atoms with Crippen LogP contribution in [0.3, 0.4) is 0 Å². The summed E-state index contributed by atoms with van der Waals surface area (Å²) in [6, 6.07) is 8.09. The summed E-state index contributed by atoms with van der Waals surface area (Å²) in [5, 5.41) is 5.26. The summed E-state index contributed by atoms with van der Waals surface area (Å²) in [6.45, 7) is 10.3. The van der Waals surface area contributed by atoms with E-state index in [-0.39, 0.29) is 11.9 Å². The smallest absolute Gasteiger partial charge is 0.287 e. The Morgan fingerprint density at radius 3 is 2.67 bits per heavy atom. The van der Waals surface area contributed by atoms with Crippen molar-refractivity contribution in [3.8, 4) is 0 Å². The van der Waals surface area contributed by atoms with Crippen molar-refractivity contribution >= 4 is 17.2 Å². The van der Waals surface area contributed by atoms with E-state index in [1.54, 1.807) is 33.3 Å². The minimum atomic E-state index is -0.133. The second-order valence-electron chi connectivity index (χ2n) is 6.49. The number of hydrogen-bond acceptors (Lipinski definition) is 3. The summed E-state index contributed by atoms with van der Waals surface area (Å²) in [5.74, 6) is 0.244. The van der Waals surface area contributed by atoms with Gasteiger partial charge in [-0.05, 0) is 37.4 Å². The summed E-state index contributed by atoms with van der Waals surface area (Å²) >= 11 is 1.78. The average Bonchev–Trinajstić information content (AvgIpc) is 3.29. The number of carbonyl (C=O) groups excluding carboxylic acids is 1. The molecule has 0 saturated carbocycles. The van der Waals surface area contributed by atoms with Crippen molar-refractivity contribution in [3.63, 3.8) is 0 Å². The first kappa shape index (κ1) is 17.2. The van der Waals surface area contributed by atoms with Crippen LogP contribution < -0.4 is 15.1 Å². The van der Waals surface area contributed by atoms with E-state index in [0.29, 0.717) is 11.8 Å². The molecule has 3 heterocycles. The van der Waals surface area contributed by atoms with E-state index in [1.165, 1.54) is 30.8 Å². The third-order valence-electron chi connectivity index (χ3n) is 4.99. The first-order chi connectivity index (χ1) is 11.7. The van der Waals surface area contributed by atoms with Crippen molar-refractivity contribution in [1.29, 1.82) is 0 Å². The van der Waals surface area contributed by atoms with Crippen molar-refractivity contribution in [2.45, 2.75) is 25.9 Å². The second kappa shape index (κ2) is 7.96. The highest BCUT2D eigenvalue weighted by molar-refractivity contribution is 7.10. The standard InChI is InChI=1S/C18H25N3O2S/c1-3-20-8-10-21(11-9-20)17(16-7-5-13-24-16)14(2)19-18(22)15-6-4-12-23-15/h4-7,12-14,17H,3,8-11H2,1-2H3,(H,19,22)/p+2. The lowest BCUT2D eigenvalue weighted by molar-refractivity contribution is -1.03. The number of likely N-dealkylation sites (N-methyl/N-ethyl adjacent to an activating group) is 1. The van der Waals surface area contributed by atoms with Crippen LogP contribution in [0.25, 0.3) is 0 Å². The molecule has 3 rings (SSSR count). The maximum Gasteiger partial charge on any atom is 0.287 e. The van der Waals surface area contributed by atoms with Gasteiger partial charge >= 0.3 is 0 Å². The zero-order valence-corrected chi connectivity index (χ0v) is 15.2. The monoisotopic (exact) mass is 349 g/mol. The van der Waals surface area contributed by atoms with Gasteiger partial charge in [0, 0.05) is 0 Å². The summed E-state index contributed by atoms with van der Waals surface area (Å²) in [7, 11) is 0. The van der Waals surface area contributed by atoms with Gasteiger partial charge in [-0.1, -0.05) is 6.07 Å². The van der Waals surface area contributed by atoms with Crippen molar-refractivity contribution in [2.24, 2.45) is 0 Å². The third-order valence-corrected chi connectivity index (χ3v) is 5.95. The summed E-state index contributed by atoms with van der Waals surface area (Å²) in [6.07, 6.45) is 1.54. The van der Waals surface area contributed by atoms with Crippen LogP contribution in [0, 0.1) is 0 Å². The second-order valence-corrected chi connectivity index (χ2v) is 7.47. The number of furan rings is 1. The van der Waals surface area contributed by atoms with Crippen LogP contribution in [0.15, 0.2) is 40.3 Å². The molecule has 2 unspecified atom stereocenters. The molecule has 2 atom stereocenters. The minimum absolute atomic E-state index is 0.0550. The molecule has 6 heteroatoms. The largest absolute Gasteiger partial charge is 0.459 e. The van der Waals surface area contributed by atoms with E-state index in [0.717, 1.165) is 13.1 Å². The van der Waals surface area contributed by atoms with E-state index >= 15 is 0 Å². The molecule has 5 nitrogen and oxygen atoms in total. The summed E-state index contributed by atoms with van der Waals surface area (Å²) in [4.78, 5) is 16.9. The highest BCUT2D eigenvalue weighted by Gasteiger charge is 2.35. The van der Waals surface area contributed by atoms with Crippen LogP contribution in [-0.4, -0.2) is 44.7 Å². The van der Waals surface area contributed by atoms with Crippen molar-refractivity contribution < 1.29 is 19.0 Å². The lowest BCUT2D eigenvalue weighted by atomic mass is 10.0. The van der Waals surface area contributed by atoms with Gasteiger partial charge < -0.3 is 19.5 Å². The number of amides is 1. The molecule has 3 N–H and O–H groups in total. The van der Waals surface area contributed by atoms with Crippen molar-refractivity contribution in [1.82, 2.24) is 5.32 Å². The Morgan fingerprint density at radius 2 is 2.08 bits per heavy atom. The molecule has 1 fully saturated rings. The van der Waals surface area contributed by atoms with E-state index < -0.39 is 0 Å². The predicted octanol–water partition coefficient (Wildman–Crippen LogP) is 0.00400. The molecular weight excluding hydrogens is 322 g/mol. The topological polar surface area (TPSA) is 51.1 Å². The number of carbonyl (C=O) groups is 1. The highest BCUT2D eigenvalue weighted by Crippen LogP contribution is 2.20. The van der Waals surface area contributed by atoms with Gasteiger partial charge in [0.05, 0.1) is 23.7 Å². The van der Waals surface area contributed by atoms with Crippen molar-refractivity contribution in [3.05, 3.63) is 46.5 Å². The van der Waals surface area contributed by atoms with Gasteiger partial charge in [-0.25, -0.2) is 0 Å². The van der Waals surface area contributed by atoms with Crippen LogP contribution in [0.4, 0.5) is 0 Å². The lowest BCUT2D eigenvalue weighted by Crippen LogP contribution is -3.28. The molecule has 2 aromatic heterocycles. The molecule has 0 aromatic carbocycles. The Labute approximate surface area is 147 Å². The number of thiophene rings is 1. The highest BCUT2D eigenvalue weighted by atomic mass is 32.1. The van der Waals surface area contributed by atoms with E-state index in [1.807, 2.05) is 0 Å². The fourth-order valence-corrected chi connectivity index (χ4v) is 4.62. The fraction of sp³-hybridized carbons (Fsp3) is 0.500. The molecule has 1 saturated heterocycles. The number of piperazine rings is 1. The Bertz CT molecular complexity index is 619. The van der Waals surface area contributed by atoms with Crippen LogP contribution in [0.2, 0.25) is 0 Å². The first-order valence-corrected chi connectivity index (χ1v) is 9.63. The third kappa shape index (κ3) is 3.88. The Balaban J connectivity index is 1.72.